The summed E-state index contributed by atoms with van der Waals surface area (Å²) in [7, 11) is 2.95. The Balaban J connectivity index is 0.000000193. The van der Waals surface area contributed by atoms with Crippen LogP contribution in [0.3, 0.4) is 0 Å². The predicted octanol–water partition coefficient (Wildman–Crippen LogP) is 5.57. The normalized spacial score (nSPS) is 16.9. The summed E-state index contributed by atoms with van der Waals surface area (Å²) in [5.74, 6) is 1.53. The van der Waals surface area contributed by atoms with Crippen LogP contribution >= 0.6 is 0 Å². The molecule has 2 aromatic rings. The molecule has 1 atom stereocenters. The van der Waals surface area contributed by atoms with E-state index in [9.17, 15) is 14.4 Å². The third-order valence-corrected chi connectivity index (χ3v) is 7.04. The lowest BCUT2D eigenvalue weighted by Crippen LogP contribution is -2.34. The summed E-state index contributed by atoms with van der Waals surface area (Å²) in [4.78, 5) is 37.9. The fraction of sp³-hybridized carbons (Fsp3) is 0.265. The highest BCUT2D eigenvalue weighted by Gasteiger charge is 2.26. The van der Waals surface area contributed by atoms with Crippen LogP contribution in [0.2, 0.25) is 0 Å². The minimum Gasteiger partial charge on any atom is -0.497 e. The SMILES string of the molecule is C=CC(C1=CC(=O)C(OC)=CC1=O)c1ccc(OC)cc1.O=C(C=CC=Cc1ccc2c(c1)OCO2)N1CCCCC1. The monoisotopic (exact) mass is 569 g/mol. The third kappa shape index (κ3) is 7.66. The fourth-order valence-electron chi connectivity index (χ4n) is 4.75. The maximum absolute atomic E-state index is 12.2. The number of piperidine rings is 1. The highest BCUT2D eigenvalue weighted by Crippen LogP contribution is 2.33. The zero-order valence-electron chi connectivity index (χ0n) is 23.9. The Hall–Kier alpha value is -4.85. The van der Waals surface area contributed by atoms with E-state index in [1.165, 1.54) is 25.7 Å². The van der Waals surface area contributed by atoms with Gasteiger partial charge in [0.1, 0.15) is 5.75 Å². The molecule has 0 N–H and O–H groups in total. The molecule has 0 radical (unpaired) electrons. The first-order chi connectivity index (χ1) is 20.4. The highest BCUT2D eigenvalue weighted by molar-refractivity contribution is 6.19. The number of allylic oxidation sites excluding steroid dienone is 6. The van der Waals surface area contributed by atoms with E-state index in [0.29, 0.717) is 5.57 Å². The van der Waals surface area contributed by atoms with Crippen molar-refractivity contribution in [2.45, 2.75) is 25.2 Å². The molecule has 0 bridgehead atoms. The van der Waals surface area contributed by atoms with Crippen molar-refractivity contribution in [1.82, 2.24) is 4.90 Å². The van der Waals surface area contributed by atoms with Crippen molar-refractivity contribution in [3.05, 3.63) is 108 Å². The summed E-state index contributed by atoms with van der Waals surface area (Å²) in [5, 5.41) is 0. The third-order valence-electron chi connectivity index (χ3n) is 7.04. The molecule has 1 aliphatic carbocycles. The van der Waals surface area contributed by atoms with Crippen molar-refractivity contribution in [1.29, 1.82) is 0 Å². The Kier molecular flexibility index (Phi) is 10.5. The molecular formula is C34H35NO7. The maximum atomic E-state index is 12.2. The van der Waals surface area contributed by atoms with Crippen LogP contribution in [-0.4, -0.2) is 56.5 Å². The molecule has 0 aromatic heterocycles. The summed E-state index contributed by atoms with van der Waals surface area (Å²) in [6.07, 6.45) is 14.9. The molecule has 0 spiro atoms. The Morgan fingerprint density at radius 1 is 0.905 bits per heavy atom. The summed E-state index contributed by atoms with van der Waals surface area (Å²) < 4.78 is 20.6. The van der Waals surface area contributed by atoms with E-state index in [1.54, 1.807) is 37.5 Å². The van der Waals surface area contributed by atoms with Gasteiger partial charge in [0.15, 0.2) is 23.0 Å². The summed E-state index contributed by atoms with van der Waals surface area (Å²) in [6, 6.07) is 13.1. The van der Waals surface area contributed by atoms with Crippen molar-refractivity contribution < 1.29 is 33.3 Å². The maximum Gasteiger partial charge on any atom is 0.246 e. The van der Waals surface area contributed by atoms with Crippen molar-refractivity contribution in [2.75, 3.05) is 34.1 Å². The topological polar surface area (TPSA) is 91.4 Å². The van der Waals surface area contributed by atoms with Gasteiger partial charge < -0.3 is 23.8 Å². The van der Waals surface area contributed by atoms with Crippen LogP contribution in [0.5, 0.6) is 17.2 Å². The van der Waals surface area contributed by atoms with Crippen molar-refractivity contribution in [3.8, 4) is 17.2 Å². The quantitative estimate of drug-likeness (QED) is 0.178. The molecule has 1 amide bonds. The van der Waals surface area contributed by atoms with E-state index in [1.807, 2.05) is 47.4 Å². The number of ether oxygens (including phenoxy) is 4. The average Bonchev–Trinajstić information content (AvgIpc) is 3.50. The lowest BCUT2D eigenvalue weighted by molar-refractivity contribution is -0.126. The molecule has 2 aromatic carbocycles. The van der Waals surface area contributed by atoms with Crippen LogP contribution in [0, 0.1) is 0 Å². The lowest BCUT2D eigenvalue weighted by atomic mass is 9.85. The van der Waals surface area contributed by atoms with E-state index in [2.05, 4.69) is 6.58 Å². The van der Waals surface area contributed by atoms with Gasteiger partial charge in [-0.05, 0) is 60.7 Å². The smallest absolute Gasteiger partial charge is 0.246 e. The molecule has 3 aliphatic rings. The molecule has 2 aliphatic heterocycles. The number of benzene rings is 2. The van der Waals surface area contributed by atoms with E-state index < -0.39 is 0 Å². The molecule has 2 heterocycles. The molecule has 1 fully saturated rings. The Labute approximate surface area is 246 Å². The second-order valence-corrected chi connectivity index (χ2v) is 9.74. The molecule has 0 saturated carbocycles. The predicted molar refractivity (Wildman–Crippen MR) is 160 cm³/mol. The van der Waals surface area contributed by atoms with Gasteiger partial charge in [0.2, 0.25) is 18.5 Å². The van der Waals surface area contributed by atoms with Crippen molar-refractivity contribution >= 4 is 23.5 Å². The molecule has 8 heteroatoms. The summed E-state index contributed by atoms with van der Waals surface area (Å²) in [5.41, 5.74) is 2.28. The first kappa shape index (κ1) is 30.1. The molecular weight excluding hydrogens is 534 g/mol. The highest BCUT2D eigenvalue weighted by atomic mass is 16.7. The first-order valence-corrected chi connectivity index (χ1v) is 13.8. The second kappa shape index (κ2) is 14.7. The van der Waals surface area contributed by atoms with Gasteiger partial charge in [-0.15, -0.1) is 6.58 Å². The fourth-order valence-corrected chi connectivity index (χ4v) is 4.75. The minimum absolute atomic E-state index is 0.0568. The largest absolute Gasteiger partial charge is 0.497 e. The van der Waals surface area contributed by atoms with Crippen LogP contribution < -0.4 is 14.2 Å². The van der Waals surface area contributed by atoms with Crippen LogP contribution in [0.4, 0.5) is 0 Å². The summed E-state index contributed by atoms with van der Waals surface area (Å²) in [6.45, 7) is 5.82. The van der Waals surface area contributed by atoms with E-state index in [-0.39, 0.29) is 35.9 Å². The molecule has 1 saturated heterocycles. The Morgan fingerprint density at radius 3 is 2.33 bits per heavy atom. The van der Waals surface area contributed by atoms with Gasteiger partial charge in [-0.25, -0.2) is 0 Å². The number of likely N-dealkylation sites (tertiary alicyclic amines) is 1. The molecule has 8 nitrogen and oxygen atoms in total. The standard InChI is InChI=1S/C17H19NO3.C17H16O4/c19-17(18-10-4-1-5-11-18)7-3-2-6-14-8-9-15-16(12-14)21-13-20-15;1-4-13(11-5-7-12(20-2)8-6-11)14-9-16(19)17(21-3)10-15(14)18/h2-3,6-9,12H,1,4-5,10-11,13H2;4-10,13H,1H2,2-3H3. The average molecular weight is 570 g/mol. The second-order valence-electron chi connectivity index (χ2n) is 9.74. The number of fused-ring (bicyclic) bond motifs is 1. The number of ketones is 2. The van der Waals surface area contributed by atoms with E-state index >= 15 is 0 Å². The Morgan fingerprint density at radius 2 is 1.64 bits per heavy atom. The van der Waals surface area contributed by atoms with Crippen molar-refractivity contribution in [3.63, 3.8) is 0 Å². The van der Waals surface area contributed by atoms with Crippen LogP contribution in [0.15, 0.2) is 96.8 Å². The molecule has 5 rings (SSSR count). The van der Waals surface area contributed by atoms with Gasteiger partial charge in [0, 0.05) is 36.7 Å². The number of nitrogens with zero attached hydrogens (tertiary/aromatic N) is 1. The van der Waals surface area contributed by atoms with Crippen LogP contribution in [-0.2, 0) is 19.1 Å². The van der Waals surface area contributed by atoms with Gasteiger partial charge in [0.05, 0.1) is 14.2 Å². The van der Waals surface area contributed by atoms with Gasteiger partial charge >= 0.3 is 0 Å². The number of carbonyl (C=O) groups excluding carboxylic acids is 3. The number of amides is 1. The first-order valence-electron chi connectivity index (χ1n) is 13.8. The molecule has 1 unspecified atom stereocenters. The number of hydrogen-bond donors (Lipinski definition) is 0. The number of hydrogen-bond acceptors (Lipinski definition) is 7. The lowest BCUT2D eigenvalue weighted by Gasteiger charge is -2.25. The van der Waals surface area contributed by atoms with Crippen LogP contribution in [0.1, 0.15) is 36.3 Å². The van der Waals surface area contributed by atoms with Gasteiger partial charge in [-0.2, -0.15) is 0 Å². The van der Waals surface area contributed by atoms with E-state index in [4.69, 9.17) is 18.9 Å². The number of carbonyl (C=O) groups is 3. The summed E-state index contributed by atoms with van der Waals surface area (Å²) >= 11 is 0. The van der Waals surface area contributed by atoms with Gasteiger partial charge in [-0.3, -0.25) is 14.4 Å². The van der Waals surface area contributed by atoms with Gasteiger partial charge in [0.25, 0.3) is 0 Å². The van der Waals surface area contributed by atoms with E-state index in [0.717, 1.165) is 54.3 Å². The Bertz CT molecular complexity index is 1430. The zero-order valence-corrected chi connectivity index (χ0v) is 23.9. The minimum atomic E-state index is -0.345. The van der Waals surface area contributed by atoms with Gasteiger partial charge in [-0.1, -0.05) is 42.5 Å². The number of rotatable bonds is 8. The molecule has 218 valence electrons. The van der Waals surface area contributed by atoms with Crippen LogP contribution in [0.25, 0.3) is 6.08 Å². The van der Waals surface area contributed by atoms with Crippen molar-refractivity contribution in [2.24, 2.45) is 0 Å². The zero-order chi connectivity index (χ0) is 29.9. The number of methoxy groups -OCH3 is 2. The molecule has 42 heavy (non-hydrogen) atoms.